The van der Waals surface area contributed by atoms with Crippen LogP contribution in [0.2, 0.25) is 0 Å². The van der Waals surface area contributed by atoms with Crippen molar-refractivity contribution in [1.82, 2.24) is 4.90 Å². The minimum atomic E-state index is -3.22. The smallest absolute Gasteiger partial charge is 0.410 e. The fraction of sp³-hybridized carbons (Fsp3) is 0.435. The highest BCUT2D eigenvalue weighted by atomic mass is 32.2. The lowest BCUT2D eigenvalue weighted by Gasteiger charge is -2.33. The number of hydrogen-bond acceptors (Lipinski definition) is 5. The van der Waals surface area contributed by atoms with Crippen LogP contribution in [0.1, 0.15) is 45.1 Å². The van der Waals surface area contributed by atoms with E-state index in [1.54, 1.807) is 17.0 Å². The summed E-state index contributed by atoms with van der Waals surface area (Å²) in [5.74, 6) is 1.67. The van der Waals surface area contributed by atoms with Crippen molar-refractivity contribution in [2.24, 2.45) is 0 Å². The molecule has 1 aliphatic heterocycles. The van der Waals surface area contributed by atoms with Gasteiger partial charge in [0.25, 0.3) is 0 Å². The monoisotopic (exact) mass is 431 g/mol. The fourth-order valence-electron chi connectivity index (χ4n) is 3.42. The summed E-state index contributed by atoms with van der Waals surface area (Å²) in [6.45, 7) is 7.00. The van der Waals surface area contributed by atoms with E-state index in [1.165, 1.54) is 24.0 Å². The number of carbonyl (C=O) groups is 1. The van der Waals surface area contributed by atoms with Gasteiger partial charge < -0.3 is 14.4 Å². The normalized spacial score (nSPS) is 15.7. The Labute approximate surface area is 178 Å². The maximum absolute atomic E-state index is 12.2. The molecule has 0 bridgehead atoms. The number of carbonyl (C=O) groups excluding carboxylic acids is 1. The number of benzene rings is 2. The van der Waals surface area contributed by atoms with Gasteiger partial charge >= 0.3 is 6.09 Å². The molecule has 1 amide bonds. The van der Waals surface area contributed by atoms with Crippen LogP contribution >= 0.6 is 0 Å². The van der Waals surface area contributed by atoms with E-state index in [9.17, 15) is 13.2 Å². The van der Waals surface area contributed by atoms with Gasteiger partial charge in [-0.25, -0.2) is 13.2 Å². The van der Waals surface area contributed by atoms with Gasteiger partial charge in [-0.2, -0.15) is 0 Å². The lowest BCUT2D eigenvalue weighted by molar-refractivity contribution is 0.0205. The second-order valence-electron chi connectivity index (χ2n) is 8.66. The molecule has 1 fully saturated rings. The van der Waals surface area contributed by atoms with E-state index in [4.69, 9.17) is 9.47 Å². The molecule has 1 heterocycles. The third kappa shape index (κ3) is 5.98. The zero-order valence-electron chi connectivity index (χ0n) is 17.9. The van der Waals surface area contributed by atoms with Crippen LogP contribution in [0.3, 0.4) is 0 Å². The highest BCUT2D eigenvalue weighted by Crippen LogP contribution is 2.31. The minimum absolute atomic E-state index is 0.244. The number of nitrogens with zero attached hydrogens (tertiary/aromatic N) is 1. The zero-order chi connectivity index (χ0) is 21.9. The Morgan fingerprint density at radius 2 is 1.43 bits per heavy atom. The molecule has 0 saturated carbocycles. The molecule has 6 nitrogen and oxygen atoms in total. The van der Waals surface area contributed by atoms with Crippen LogP contribution in [0.5, 0.6) is 11.5 Å². The van der Waals surface area contributed by atoms with Crippen LogP contribution in [0, 0.1) is 0 Å². The van der Waals surface area contributed by atoms with Crippen molar-refractivity contribution in [1.29, 1.82) is 0 Å². The highest BCUT2D eigenvalue weighted by molar-refractivity contribution is 7.90. The van der Waals surface area contributed by atoms with Crippen LogP contribution < -0.4 is 4.74 Å². The van der Waals surface area contributed by atoms with Gasteiger partial charge in [-0.1, -0.05) is 12.1 Å². The lowest BCUT2D eigenvalue weighted by atomic mass is 9.89. The van der Waals surface area contributed by atoms with E-state index in [0.717, 1.165) is 12.8 Å². The summed E-state index contributed by atoms with van der Waals surface area (Å²) in [4.78, 5) is 14.2. The van der Waals surface area contributed by atoms with Gasteiger partial charge in [0.2, 0.25) is 0 Å². The molecule has 30 heavy (non-hydrogen) atoms. The summed E-state index contributed by atoms with van der Waals surface area (Å²) >= 11 is 0. The summed E-state index contributed by atoms with van der Waals surface area (Å²) in [6.07, 6.45) is 2.73. The van der Waals surface area contributed by atoms with E-state index in [2.05, 4.69) is 0 Å². The molecule has 0 atom stereocenters. The predicted octanol–water partition coefficient (Wildman–Crippen LogP) is 5.00. The van der Waals surface area contributed by atoms with E-state index < -0.39 is 15.4 Å². The molecule has 162 valence electrons. The summed E-state index contributed by atoms with van der Waals surface area (Å²) in [5.41, 5.74) is 0.744. The summed E-state index contributed by atoms with van der Waals surface area (Å²) in [7, 11) is -3.22. The first-order valence-corrected chi connectivity index (χ1v) is 12.0. The maximum Gasteiger partial charge on any atom is 0.410 e. The Balaban J connectivity index is 1.56. The SMILES string of the molecule is CC(C)(C)OC(=O)N1CCC(c2ccc(Oc3ccc(S(C)(=O)=O)cc3)cc2)CC1. The molecule has 2 aromatic rings. The molecule has 7 heteroatoms. The molecule has 0 unspecified atom stereocenters. The molecule has 0 N–H and O–H groups in total. The molecule has 0 aromatic heterocycles. The Hall–Kier alpha value is -2.54. The summed E-state index contributed by atoms with van der Waals surface area (Å²) in [5, 5.41) is 0. The van der Waals surface area contributed by atoms with Crippen molar-refractivity contribution in [2.45, 2.75) is 50.0 Å². The quantitative estimate of drug-likeness (QED) is 0.681. The molecule has 0 radical (unpaired) electrons. The number of amides is 1. The van der Waals surface area contributed by atoms with Crippen LogP contribution in [-0.2, 0) is 14.6 Å². The van der Waals surface area contributed by atoms with Crippen molar-refractivity contribution in [3.05, 3.63) is 54.1 Å². The average Bonchev–Trinajstić information content (AvgIpc) is 2.67. The van der Waals surface area contributed by atoms with Gasteiger partial charge in [0.15, 0.2) is 9.84 Å². The first-order valence-electron chi connectivity index (χ1n) is 10.1. The standard InChI is InChI=1S/C23H29NO5S/c1-23(2,3)29-22(25)24-15-13-18(14-16-24)17-5-7-19(8-6-17)28-20-9-11-21(12-10-20)30(4,26)27/h5-12,18H,13-16H2,1-4H3. The molecule has 0 spiro atoms. The Morgan fingerprint density at radius 3 is 1.90 bits per heavy atom. The molecule has 0 aliphatic carbocycles. The second-order valence-corrected chi connectivity index (χ2v) is 10.7. The molecule has 3 rings (SSSR count). The van der Waals surface area contributed by atoms with E-state index in [0.29, 0.717) is 30.5 Å². The summed E-state index contributed by atoms with van der Waals surface area (Å²) in [6, 6.07) is 14.3. The highest BCUT2D eigenvalue weighted by Gasteiger charge is 2.27. The Morgan fingerprint density at radius 1 is 0.933 bits per heavy atom. The number of ether oxygens (including phenoxy) is 2. The number of piperidine rings is 1. The topological polar surface area (TPSA) is 72.9 Å². The van der Waals surface area contributed by atoms with Gasteiger partial charge in [0.1, 0.15) is 17.1 Å². The summed E-state index contributed by atoms with van der Waals surface area (Å²) < 4.78 is 34.4. The van der Waals surface area contributed by atoms with E-state index in [1.807, 2.05) is 45.0 Å². The minimum Gasteiger partial charge on any atom is -0.457 e. The number of likely N-dealkylation sites (tertiary alicyclic amines) is 1. The molecule has 1 aliphatic rings. The number of hydrogen-bond donors (Lipinski definition) is 0. The Bertz CT molecular complexity index is 968. The fourth-order valence-corrected chi connectivity index (χ4v) is 4.05. The van der Waals surface area contributed by atoms with Crippen LogP contribution in [0.15, 0.2) is 53.4 Å². The first kappa shape index (κ1) is 22.2. The Kier molecular flexibility index (Phi) is 6.41. The van der Waals surface area contributed by atoms with Crippen molar-refractivity contribution in [2.75, 3.05) is 19.3 Å². The van der Waals surface area contributed by atoms with Crippen molar-refractivity contribution < 1.29 is 22.7 Å². The largest absolute Gasteiger partial charge is 0.457 e. The van der Waals surface area contributed by atoms with E-state index >= 15 is 0 Å². The van der Waals surface area contributed by atoms with Gasteiger partial charge in [-0.05, 0) is 81.5 Å². The average molecular weight is 432 g/mol. The second kappa shape index (κ2) is 8.68. The van der Waals surface area contributed by atoms with Crippen molar-refractivity contribution in [3.63, 3.8) is 0 Å². The van der Waals surface area contributed by atoms with Crippen LogP contribution in [0.4, 0.5) is 4.79 Å². The van der Waals surface area contributed by atoms with Gasteiger partial charge in [0.05, 0.1) is 4.90 Å². The van der Waals surface area contributed by atoms with E-state index in [-0.39, 0.29) is 11.0 Å². The number of sulfone groups is 1. The van der Waals surface area contributed by atoms with Crippen molar-refractivity contribution in [3.8, 4) is 11.5 Å². The molecule has 2 aromatic carbocycles. The third-order valence-electron chi connectivity index (χ3n) is 4.99. The van der Waals surface area contributed by atoms with Gasteiger partial charge in [-0.3, -0.25) is 0 Å². The van der Waals surface area contributed by atoms with Gasteiger partial charge in [-0.15, -0.1) is 0 Å². The van der Waals surface area contributed by atoms with Crippen molar-refractivity contribution >= 4 is 15.9 Å². The number of rotatable bonds is 4. The first-order chi connectivity index (χ1) is 14.0. The van der Waals surface area contributed by atoms with Gasteiger partial charge in [0, 0.05) is 19.3 Å². The maximum atomic E-state index is 12.2. The third-order valence-corrected chi connectivity index (χ3v) is 6.11. The molecular formula is C23H29NO5S. The lowest BCUT2D eigenvalue weighted by Crippen LogP contribution is -2.41. The van der Waals surface area contributed by atoms with Crippen LogP contribution in [0.25, 0.3) is 0 Å². The van der Waals surface area contributed by atoms with Crippen LogP contribution in [-0.4, -0.2) is 44.4 Å². The predicted molar refractivity (Wildman–Crippen MR) is 116 cm³/mol. The zero-order valence-corrected chi connectivity index (χ0v) is 18.7. The molecular weight excluding hydrogens is 402 g/mol. The molecule has 1 saturated heterocycles.